The van der Waals surface area contributed by atoms with Gasteiger partial charge in [0.15, 0.2) is 0 Å². The van der Waals surface area contributed by atoms with Crippen LogP contribution in [0.4, 0.5) is 10.5 Å². The number of aromatic nitrogens is 2. The third-order valence-electron chi connectivity index (χ3n) is 4.61. The Balaban J connectivity index is 1.60. The van der Waals surface area contributed by atoms with Crippen LogP contribution in [0, 0.1) is 0 Å². The third-order valence-corrected chi connectivity index (χ3v) is 4.61. The molecule has 25 heavy (non-hydrogen) atoms. The van der Waals surface area contributed by atoms with Crippen molar-refractivity contribution in [1.29, 1.82) is 0 Å². The van der Waals surface area contributed by atoms with E-state index in [1.165, 1.54) is 44.9 Å². The van der Waals surface area contributed by atoms with Crippen LogP contribution in [-0.4, -0.2) is 47.1 Å². The number of urea groups is 1. The van der Waals surface area contributed by atoms with Crippen molar-refractivity contribution in [3.8, 4) is 0 Å². The lowest BCUT2D eigenvalue weighted by Crippen LogP contribution is -2.48. The molecule has 2 rings (SSSR count). The summed E-state index contributed by atoms with van der Waals surface area (Å²) in [5.74, 6) is 0.867. The van der Waals surface area contributed by atoms with Gasteiger partial charge in [0.2, 0.25) is 0 Å². The zero-order chi connectivity index (χ0) is 17.7. The third kappa shape index (κ3) is 7.82. The number of anilines is 1. The highest BCUT2D eigenvalue weighted by atomic mass is 16.2. The van der Waals surface area contributed by atoms with Gasteiger partial charge in [0.25, 0.3) is 0 Å². The van der Waals surface area contributed by atoms with Gasteiger partial charge in [-0.25, -0.2) is 14.8 Å². The number of unbranched alkanes of at least 4 members (excludes halogenated alkanes) is 7. The summed E-state index contributed by atoms with van der Waals surface area (Å²) >= 11 is 0. The van der Waals surface area contributed by atoms with Crippen LogP contribution in [0.2, 0.25) is 0 Å². The lowest BCUT2D eigenvalue weighted by Gasteiger charge is -2.27. The van der Waals surface area contributed by atoms with Gasteiger partial charge in [-0.3, -0.25) is 0 Å². The number of piperazine rings is 1. The first-order valence-electron chi connectivity index (χ1n) is 9.87. The molecule has 6 nitrogen and oxygen atoms in total. The van der Waals surface area contributed by atoms with Crippen molar-refractivity contribution < 1.29 is 4.79 Å². The lowest BCUT2D eigenvalue weighted by molar-refractivity contribution is 0.204. The maximum Gasteiger partial charge on any atom is 0.322 e. The second-order valence-electron chi connectivity index (χ2n) is 6.78. The molecule has 2 N–H and O–H groups in total. The summed E-state index contributed by atoms with van der Waals surface area (Å²) < 4.78 is 0. The van der Waals surface area contributed by atoms with Crippen LogP contribution in [0.3, 0.4) is 0 Å². The van der Waals surface area contributed by atoms with Gasteiger partial charge < -0.3 is 15.5 Å². The van der Waals surface area contributed by atoms with E-state index in [4.69, 9.17) is 0 Å². The largest absolute Gasteiger partial charge is 0.322 e. The molecular weight excluding hydrogens is 314 g/mol. The number of hydrogen-bond acceptors (Lipinski definition) is 4. The predicted octanol–water partition coefficient (Wildman–Crippen LogP) is 3.60. The SMILES string of the molecule is CCCCCCCCCCc1ncc(NC(=O)N2CCNCC2)cn1. The fraction of sp³-hybridized carbons (Fsp3) is 0.737. The second kappa shape index (κ2) is 11.8. The first-order valence-corrected chi connectivity index (χ1v) is 9.87. The summed E-state index contributed by atoms with van der Waals surface area (Å²) in [5.41, 5.74) is 0.670. The summed E-state index contributed by atoms with van der Waals surface area (Å²) in [6.45, 7) is 5.43. The van der Waals surface area contributed by atoms with E-state index in [9.17, 15) is 4.79 Å². The standard InChI is InChI=1S/C19H33N5O/c1-2-3-4-5-6-7-8-9-10-18-21-15-17(16-22-18)23-19(25)24-13-11-20-12-14-24/h15-16,20H,2-14H2,1H3,(H,23,25). The Kier molecular flexibility index (Phi) is 9.26. The van der Waals surface area contributed by atoms with Gasteiger partial charge in [-0.2, -0.15) is 0 Å². The number of rotatable bonds is 10. The number of aryl methyl sites for hydroxylation is 1. The van der Waals surface area contributed by atoms with Crippen molar-refractivity contribution in [2.45, 2.75) is 64.7 Å². The molecule has 0 bridgehead atoms. The van der Waals surface area contributed by atoms with Gasteiger partial charge >= 0.3 is 6.03 Å². The van der Waals surface area contributed by atoms with E-state index in [-0.39, 0.29) is 6.03 Å². The normalized spacial score (nSPS) is 14.5. The topological polar surface area (TPSA) is 70.2 Å². The molecule has 1 fully saturated rings. The smallest absolute Gasteiger partial charge is 0.322 e. The molecule has 2 heterocycles. The van der Waals surface area contributed by atoms with Gasteiger partial charge in [-0.05, 0) is 6.42 Å². The van der Waals surface area contributed by atoms with Crippen LogP contribution in [-0.2, 0) is 6.42 Å². The number of carbonyl (C=O) groups excluding carboxylic acids is 1. The maximum absolute atomic E-state index is 12.1. The summed E-state index contributed by atoms with van der Waals surface area (Å²) in [5, 5.41) is 6.11. The van der Waals surface area contributed by atoms with Gasteiger partial charge in [0, 0.05) is 32.6 Å². The highest BCUT2D eigenvalue weighted by Crippen LogP contribution is 2.11. The minimum atomic E-state index is -0.0686. The fourth-order valence-electron chi connectivity index (χ4n) is 3.04. The summed E-state index contributed by atoms with van der Waals surface area (Å²) in [7, 11) is 0. The molecule has 6 heteroatoms. The molecule has 1 aromatic heterocycles. The average molecular weight is 348 g/mol. The lowest BCUT2D eigenvalue weighted by atomic mass is 10.1. The quantitative estimate of drug-likeness (QED) is 0.635. The van der Waals surface area contributed by atoms with Crippen molar-refractivity contribution in [2.75, 3.05) is 31.5 Å². The highest BCUT2D eigenvalue weighted by molar-refractivity contribution is 5.89. The zero-order valence-corrected chi connectivity index (χ0v) is 15.6. The molecular formula is C19H33N5O. The Morgan fingerprint density at radius 1 is 1.04 bits per heavy atom. The van der Waals surface area contributed by atoms with Gasteiger partial charge in [-0.1, -0.05) is 51.9 Å². The van der Waals surface area contributed by atoms with Gasteiger partial charge in [-0.15, -0.1) is 0 Å². The first-order chi connectivity index (χ1) is 12.3. The first kappa shape index (κ1) is 19.6. The number of nitrogens with one attached hydrogen (secondary N) is 2. The zero-order valence-electron chi connectivity index (χ0n) is 15.6. The molecule has 1 saturated heterocycles. The second-order valence-corrected chi connectivity index (χ2v) is 6.78. The van der Waals surface area contributed by atoms with Crippen LogP contribution >= 0.6 is 0 Å². The van der Waals surface area contributed by atoms with Crippen molar-refractivity contribution in [3.63, 3.8) is 0 Å². The molecule has 0 atom stereocenters. The number of carbonyl (C=O) groups is 1. The van der Waals surface area contributed by atoms with Crippen molar-refractivity contribution in [1.82, 2.24) is 20.2 Å². The maximum atomic E-state index is 12.1. The minimum Gasteiger partial charge on any atom is -0.322 e. The summed E-state index contributed by atoms with van der Waals surface area (Å²) in [6.07, 6.45) is 14.8. The number of nitrogens with zero attached hydrogens (tertiary/aromatic N) is 3. The molecule has 140 valence electrons. The molecule has 2 amide bonds. The van der Waals surface area contributed by atoms with E-state index in [0.717, 1.165) is 44.8 Å². The summed E-state index contributed by atoms with van der Waals surface area (Å²) in [6, 6.07) is -0.0686. The Bertz CT molecular complexity index is 485. The van der Waals surface area contributed by atoms with E-state index in [1.54, 1.807) is 12.4 Å². The van der Waals surface area contributed by atoms with Gasteiger partial charge in [0.05, 0.1) is 18.1 Å². The van der Waals surface area contributed by atoms with E-state index in [1.807, 2.05) is 4.90 Å². The van der Waals surface area contributed by atoms with Crippen LogP contribution in [0.25, 0.3) is 0 Å². The van der Waals surface area contributed by atoms with E-state index < -0.39 is 0 Å². The number of amides is 2. The molecule has 0 spiro atoms. The molecule has 1 aliphatic heterocycles. The average Bonchev–Trinajstić information content (AvgIpc) is 2.66. The fourth-order valence-corrected chi connectivity index (χ4v) is 3.04. The molecule has 0 aromatic carbocycles. The van der Waals surface area contributed by atoms with E-state index >= 15 is 0 Å². The number of hydrogen-bond donors (Lipinski definition) is 2. The molecule has 1 aromatic rings. The Morgan fingerprint density at radius 2 is 1.64 bits per heavy atom. The highest BCUT2D eigenvalue weighted by Gasteiger charge is 2.16. The minimum absolute atomic E-state index is 0.0686. The van der Waals surface area contributed by atoms with Crippen molar-refractivity contribution in [2.24, 2.45) is 0 Å². The molecule has 0 saturated carbocycles. The predicted molar refractivity (Wildman–Crippen MR) is 102 cm³/mol. The van der Waals surface area contributed by atoms with E-state index in [2.05, 4.69) is 27.5 Å². The Hall–Kier alpha value is -1.69. The van der Waals surface area contributed by atoms with Crippen molar-refractivity contribution in [3.05, 3.63) is 18.2 Å². The van der Waals surface area contributed by atoms with E-state index in [0.29, 0.717) is 5.69 Å². The summed E-state index contributed by atoms with van der Waals surface area (Å²) in [4.78, 5) is 22.7. The van der Waals surface area contributed by atoms with Crippen LogP contribution in [0.15, 0.2) is 12.4 Å². The Morgan fingerprint density at radius 3 is 2.28 bits per heavy atom. The monoisotopic (exact) mass is 347 g/mol. The molecule has 0 unspecified atom stereocenters. The van der Waals surface area contributed by atoms with Crippen LogP contribution in [0.1, 0.15) is 64.1 Å². The molecule has 0 aliphatic carbocycles. The van der Waals surface area contributed by atoms with Crippen LogP contribution in [0.5, 0.6) is 0 Å². The molecule has 1 aliphatic rings. The van der Waals surface area contributed by atoms with Gasteiger partial charge in [0.1, 0.15) is 5.82 Å². The van der Waals surface area contributed by atoms with Crippen molar-refractivity contribution >= 4 is 11.7 Å². The Labute approximate surface area is 151 Å². The van der Waals surface area contributed by atoms with Crippen LogP contribution < -0.4 is 10.6 Å². The molecule has 0 radical (unpaired) electrons.